The molecule has 0 fully saturated rings. The van der Waals surface area contributed by atoms with Crippen LogP contribution in [0.3, 0.4) is 0 Å². The van der Waals surface area contributed by atoms with E-state index in [9.17, 15) is 14.4 Å². The van der Waals surface area contributed by atoms with Crippen LogP contribution in [0.25, 0.3) is 11.1 Å². The Morgan fingerprint density at radius 3 is 2.29 bits per heavy atom. The van der Waals surface area contributed by atoms with E-state index in [2.05, 4.69) is 5.32 Å². The van der Waals surface area contributed by atoms with Crippen LogP contribution in [0.15, 0.2) is 48.5 Å². The molecule has 0 aromatic heterocycles. The predicted octanol–water partition coefficient (Wildman–Crippen LogP) is 2.61. The molecule has 0 saturated carbocycles. The quantitative estimate of drug-likeness (QED) is 0.560. The standard InChI is InChI=1S/C20H20ClNO6/c21-16-3-1-2-15(9-16)14-6-4-13(5-7-14)8-17(10-19(24)25)22-18(23)11-28-12-20(26)27/h1-7,9,17H,8,10-12H2,(H,22,23)(H,24,25)(H,26,27). The summed E-state index contributed by atoms with van der Waals surface area (Å²) in [5.74, 6) is -2.80. The Balaban J connectivity index is 2.00. The van der Waals surface area contributed by atoms with Crippen LogP contribution in [-0.4, -0.2) is 47.3 Å². The number of carboxylic acids is 2. The lowest BCUT2D eigenvalue weighted by Crippen LogP contribution is -2.40. The number of hydrogen-bond acceptors (Lipinski definition) is 4. The maximum Gasteiger partial charge on any atom is 0.329 e. The molecule has 0 spiro atoms. The Hall–Kier alpha value is -2.90. The Labute approximate surface area is 166 Å². The Bertz CT molecular complexity index is 837. The molecule has 1 amide bonds. The van der Waals surface area contributed by atoms with Gasteiger partial charge in [-0.3, -0.25) is 9.59 Å². The van der Waals surface area contributed by atoms with Gasteiger partial charge in [0, 0.05) is 11.1 Å². The van der Waals surface area contributed by atoms with Crippen LogP contribution in [-0.2, 0) is 25.5 Å². The highest BCUT2D eigenvalue weighted by Gasteiger charge is 2.17. The van der Waals surface area contributed by atoms with E-state index < -0.39 is 37.1 Å². The molecule has 8 heteroatoms. The minimum absolute atomic E-state index is 0.263. The lowest BCUT2D eigenvalue weighted by Gasteiger charge is -2.17. The van der Waals surface area contributed by atoms with E-state index in [1.165, 1.54) is 0 Å². The number of carbonyl (C=O) groups excluding carboxylic acids is 1. The SMILES string of the molecule is O=C(O)COCC(=O)NC(CC(=O)O)Cc1ccc(-c2cccc(Cl)c2)cc1. The Morgan fingerprint density at radius 1 is 0.964 bits per heavy atom. The number of rotatable bonds is 10. The smallest absolute Gasteiger partial charge is 0.329 e. The maximum atomic E-state index is 11.8. The van der Waals surface area contributed by atoms with Crippen molar-refractivity contribution < 1.29 is 29.3 Å². The van der Waals surface area contributed by atoms with Crippen LogP contribution in [0, 0.1) is 0 Å². The zero-order chi connectivity index (χ0) is 20.5. The van der Waals surface area contributed by atoms with Crippen molar-refractivity contribution in [3.8, 4) is 11.1 Å². The van der Waals surface area contributed by atoms with Crippen LogP contribution >= 0.6 is 11.6 Å². The second-order valence-corrected chi connectivity index (χ2v) is 6.60. The number of aliphatic carboxylic acids is 2. The first kappa shape index (κ1) is 21.4. The van der Waals surface area contributed by atoms with Gasteiger partial charge in [0.15, 0.2) is 0 Å². The average Bonchev–Trinajstić information content (AvgIpc) is 2.61. The van der Waals surface area contributed by atoms with Crippen LogP contribution in [0.1, 0.15) is 12.0 Å². The second-order valence-electron chi connectivity index (χ2n) is 6.16. The maximum absolute atomic E-state index is 11.8. The number of hydrogen-bond donors (Lipinski definition) is 3. The van der Waals surface area contributed by atoms with Gasteiger partial charge in [-0.1, -0.05) is 48.0 Å². The number of carboxylic acid groups (broad SMARTS) is 2. The molecule has 0 aliphatic heterocycles. The number of ether oxygens (including phenoxy) is 1. The molecule has 0 aliphatic rings. The minimum Gasteiger partial charge on any atom is -0.481 e. The molecule has 2 aromatic carbocycles. The van der Waals surface area contributed by atoms with Gasteiger partial charge < -0.3 is 20.3 Å². The van der Waals surface area contributed by atoms with Gasteiger partial charge in [0.05, 0.1) is 6.42 Å². The van der Waals surface area contributed by atoms with Gasteiger partial charge in [0.2, 0.25) is 5.91 Å². The molecular weight excluding hydrogens is 386 g/mol. The zero-order valence-electron chi connectivity index (χ0n) is 14.9. The van der Waals surface area contributed by atoms with Crippen molar-refractivity contribution in [2.75, 3.05) is 13.2 Å². The van der Waals surface area contributed by atoms with Gasteiger partial charge in [-0.2, -0.15) is 0 Å². The first-order valence-corrected chi connectivity index (χ1v) is 8.87. The van der Waals surface area contributed by atoms with E-state index in [1.807, 2.05) is 42.5 Å². The van der Waals surface area contributed by atoms with Crippen LogP contribution in [0.2, 0.25) is 5.02 Å². The van der Waals surface area contributed by atoms with Crippen LogP contribution in [0.5, 0.6) is 0 Å². The summed E-state index contributed by atoms with van der Waals surface area (Å²) in [4.78, 5) is 33.3. The van der Waals surface area contributed by atoms with E-state index in [-0.39, 0.29) is 6.42 Å². The Morgan fingerprint density at radius 2 is 1.68 bits per heavy atom. The number of carbonyl (C=O) groups is 3. The lowest BCUT2D eigenvalue weighted by molar-refractivity contribution is -0.143. The van der Waals surface area contributed by atoms with Gasteiger partial charge in [0.1, 0.15) is 13.2 Å². The van der Waals surface area contributed by atoms with Gasteiger partial charge in [-0.15, -0.1) is 0 Å². The highest BCUT2D eigenvalue weighted by molar-refractivity contribution is 6.30. The monoisotopic (exact) mass is 405 g/mol. The fourth-order valence-corrected chi connectivity index (χ4v) is 2.86. The summed E-state index contributed by atoms with van der Waals surface area (Å²) >= 11 is 6.01. The predicted molar refractivity (Wildman–Crippen MR) is 103 cm³/mol. The summed E-state index contributed by atoms with van der Waals surface area (Å²) in [5.41, 5.74) is 2.78. The number of nitrogens with one attached hydrogen (secondary N) is 1. The molecule has 148 valence electrons. The molecule has 7 nitrogen and oxygen atoms in total. The molecule has 1 atom stereocenters. The van der Waals surface area contributed by atoms with E-state index >= 15 is 0 Å². The molecule has 0 heterocycles. The molecule has 2 rings (SSSR count). The van der Waals surface area contributed by atoms with Gasteiger partial charge in [-0.25, -0.2) is 4.79 Å². The molecule has 0 bridgehead atoms. The van der Waals surface area contributed by atoms with Crippen molar-refractivity contribution in [3.05, 3.63) is 59.1 Å². The van der Waals surface area contributed by atoms with Crippen LogP contribution < -0.4 is 5.32 Å². The summed E-state index contributed by atoms with van der Waals surface area (Å²) in [6, 6.07) is 14.3. The zero-order valence-corrected chi connectivity index (χ0v) is 15.7. The van der Waals surface area contributed by atoms with Crippen molar-refractivity contribution in [2.45, 2.75) is 18.9 Å². The van der Waals surface area contributed by atoms with Gasteiger partial charge in [-0.05, 0) is 35.2 Å². The van der Waals surface area contributed by atoms with E-state index in [4.69, 9.17) is 26.6 Å². The van der Waals surface area contributed by atoms with Crippen LogP contribution in [0.4, 0.5) is 0 Å². The van der Waals surface area contributed by atoms with Gasteiger partial charge in [0.25, 0.3) is 0 Å². The van der Waals surface area contributed by atoms with Crippen molar-refractivity contribution in [2.24, 2.45) is 0 Å². The fourth-order valence-electron chi connectivity index (χ4n) is 2.67. The third-order valence-corrected chi connectivity index (χ3v) is 4.07. The first-order chi connectivity index (χ1) is 13.3. The molecule has 2 aromatic rings. The van der Waals surface area contributed by atoms with Crippen molar-refractivity contribution in [1.82, 2.24) is 5.32 Å². The highest BCUT2D eigenvalue weighted by Crippen LogP contribution is 2.23. The first-order valence-electron chi connectivity index (χ1n) is 8.49. The highest BCUT2D eigenvalue weighted by atomic mass is 35.5. The largest absolute Gasteiger partial charge is 0.481 e. The van der Waals surface area contributed by atoms with Gasteiger partial charge >= 0.3 is 11.9 Å². The van der Waals surface area contributed by atoms with Crippen molar-refractivity contribution in [3.63, 3.8) is 0 Å². The summed E-state index contributed by atoms with van der Waals surface area (Å²) in [6.07, 6.45) is 0.0491. The summed E-state index contributed by atoms with van der Waals surface area (Å²) < 4.78 is 4.72. The number of halogens is 1. The molecule has 0 saturated heterocycles. The normalized spacial score (nSPS) is 11.6. The van der Waals surface area contributed by atoms with Crippen molar-refractivity contribution >= 4 is 29.4 Å². The molecule has 0 aliphatic carbocycles. The molecule has 28 heavy (non-hydrogen) atoms. The van der Waals surface area contributed by atoms with E-state index in [0.717, 1.165) is 16.7 Å². The fraction of sp³-hybridized carbons (Fsp3) is 0.250. The minimum atomic E-state index is -1.19. The second kappa shape index (κ2) is 10.4. The topological polar surface area (TPSA) is 113 Å². The summed E-state index contributed by atoms with van der Waals surface area (Å²) in [6.45, 7) is -1.04. The van der Waals surface area contributed by atoms with E-state index in [0.29, 0.717) is 11.4 Å². The molecular formula is C20H20ClNO6. The number of benzene rings is 2. The average molecular weight is 406 g/mol. The Kier molecular flexibility index (Phi) is 7.98. The molecule has 3 N–H and O–H groups in total. The molecule has 1 unspecified atom stereocenters. The summed E-state index contributed by atoms with van der Waals surface area (Å²) in [5, 5.41) is 20.8. The molecule has 0 radical (unpaired) electrons. The third kappa shape index (κ3) is 7.38. The number of amides is 1. The van der Waals surface area contributed by atoms with E-state index in [1.54, 1.807) is 6.07 Å². The summed E-state index contributed by atoms with van der Waals surface area (Å²) in [7, 11) is 0. The lowest BCUT2D eigenvalue weighted by atomic mass is 9.99. The third-order valence-electron chi connectivity index (χ3n) is 3.84. The van der Waals surface area contributed by atoms with Crippen molar-refractivity contribution in [1.29, 1.82) is 0 Å².